The van der Waals surface area contributed by atoms with Crippen molar-refractivity contribution in [2.24, 2.45) is 12.8 Å². The van der Waals surface area contributed by atoms with Crippen molar-refractivity contribution in [2.75, 3.05) is 5.32 Å². The fourth-order valence-electron chi connectivity index (χ4n) is 3.97. The first-order valence-corrected chi connectivity index (χ1v) is 10.2. The molecule has 2 aliphatic carbocycles. The molecule has 0 bridgehead atoms. The maximum absolute atomic E-state index is 12.5. The van der Waals surface area contributed by atoms with Gasteiger partial charge < -0.3 is 16.4 Å². The van der Waals surface area contributed by atoms with Crippen LogP contribution in [0, 0.1) is 6.92 Å². The number of thiophene rings is 1. The van der Waals surface area contributed by atoms with E-state index in [0.29, 0.717) is 24.0 Å². The number of aromatic nitrogens is 2. The average molecular weight is 374 g/mol. The zero-order chi connectivity index (χ0) is 18.3. The maximum atomic E-state index is 12.5. The van der Waals surface area contributed by atoms with E-state index in [9.17, 15) is 4.79 Å². The molecule has 4 rings (SSSR count). The molecule has 0 aromatic carbocycles. The monoisotopic (exact) mass is 373 g/mol. The van der Waals surface area contributed by atoms with Gasteiger partial charge in [0.15, 0.2) is 0 Å². The van der Waals surface area contributed by atoms with E-state index in [0.717, 1.165) is 23.4 Å². The standard InChI is InChI=1S/C19H27N5OS/c1-11-15(16-7-17(16)22-13-5-3-12(20)4-6-13)8-18(26-11)19(25)23-14-9-21-24(2)10-14/h8-10,12-13,16-17,22H,3-7,20H2,1-2H3,(H,23,25). The van der Waals surface area contributed by atoms with Crippen molar-refractivity contribution in [1.82, 2.24) is 15.1 Å². The van der Waals surface area contributed by atoms with Crippen LogP contribution < -0.4 is 16.4 Å². The number of carbonyl (C=O) groups is 1. The van der Waals surface area contributed by atoms with Crippen molar-refractivity contribution in [3.8, 4) is 0 Å². The molecular weight excluding hydrogens is 346 g/mol. The second-order valence-electron chi connectivity index (χ2n) is 7.71. The molecule has 2 aromatic rings. The van der Waals surface area contributed by atoms with Gasteiger partial charge in [0.2, 0.25) is 0 Å². The largest absolute Gasteiger partial charge is 0.328 e. The van der Waals surface area contributed by atoms with Gasteiger partial charge in [0, 0.05) is 42.2 Å². The van der Waals surface area contributed by atoms with Crippen molar-refractivity contribution >= 4 is 22.9 Å². The van der Waals surface area contributed by atoms with Crippen LogP contribution in [0.15, 0.2) is 18.5 Å². The van der Waals surface area contributed by atoms with Crippen LogP contribution >= 0.6 is 11.3 Å². The predicted octanol–water partition coefficient (Wildman–Crippen LogP) is 2.76. The van der Waals surface area contributed by atoms with E-state index in [1.165, 1.54) is 29.7 Å². The molecule has 2 atom stereocenters. The Morgan fingerprint density at radius 3 is 2.81 bits per heavy atom. The summed E-state index contributed by atoms with van der Waals surface area (Å²) in [6.07, 6.45) is 9.27. The summed E-state index contributed by atoms with van der Waals surface area (Å²) in [5.41, 5.74) is 8.06. The molecule has 2 aliphatic rings. The first-order chi connectivity index (χ1) is 12.5. The molecule has 0 saturated heterocycles. The number of nitrogens with two attached hydrogens (primary N) is 1. The Hall–Kier alpha value is -1.70. The predicted molar refractivity (Wildman–Crippen MR) is 105 cm³/mol. The lowest BCUT2D eigenvalue weighted by Gasteiger charge is -2.27. The fraction of sp³-hybridized carbons (Fsp3) is 0.579. The van der Waals surface area contributed by atoms with Gasteiger partial charge >= 0.3 is 0 Å². The Morgan fingerprint density at radius 1 is 1.35 bits per heavy atom. The second-order valence-corrected chi connectivity index (χ2v) is 8.96. The van der Waals surface area contributed by atoms with Crippen LogP contribution in [0.25, 0.3) is 0 Å². The van der Waals surface area contributed by atoms with Crippen LogP contribution in [0.4, 0.5) is 5.69 Å². The molecule has 140 valence electrons. The summed E-state index contributed by atoms with van der Waals surface area (Å²) in [6, 6.07) is 3.63. The first kappa shape index (κ1) is 17.7. The third-order valence-corrected chi connectivity index (χ3v) is 6.62. The number of aryl methyl sites for hydroxylation is 2. The van der Waals surface area contributed by atoms with E-state index in [1.807, 2.05) is 7.05 Å². The maximum Gasteiger partial charge on any atom is 0.265 e. The number of nitrogens with one attached hydrogen (secondary N) is 2. The highest BCUT2D eigenvalue weighted by Crippen LogP contribution is 2.45. The van der Waals surface area contributed by atoms with Gasteiger partial charge in [0.1, 0.15) is 0 Å². The van der Waals surface area contributed by atoms with Crippen LogP contribution in [0.1, 0.15) is 58.1 Å². The van der Waals surface area contributed by atoms with Crippen molar-refractivity contribution in [2.45, 2.75) is 63.1 Å². The summed E-state index contributed by atoms with van der Waals surface area (Å²) < 4.78 is 1.68. The lowest BCUT2D eigenvalue weighted by Crippen LogP contribution is -2.38. The molecule has 2 unspecified atom stereocenters. The van der Waals surface area contributed by atoms with Crippen LogP contribution in [0.3, 0.4) is 0 Å². The molecule has 26 heavy (non-hydrogen) atoms. The van der Waals surface area contributed by atoms with Crippen molar-refractivity contribution in [3.63, 3.8) is 0 Å². The zero-order valence-electron chi connectivity index (χ0n) is 15.4. The molecule has 0 spiro atoms. The van der Waals surface area contributed by atoms with E-state index in [1.54, 1.807) is 28.4 Å². The molecule has 2 aromatic heterocycles. The molecular formula is C19H27N5OS. The molecule has 1 amide bonds. The highest BCUT2D eigenvalue weighted by atomic mass is 32.1. The number of nitrogens with zero attached hydrogens (tertiary/aromatic N) is 2. The van der Waals surface area contributed by atoms with E-state index in [4.69, 9.17) is 5.73 Å². The van der Waals surface area contributed by atoms with Gasteiger partial charge in [-0.1, -0.05) is 0 Å². The van der Waals surface area contributed by atoms with Crippen LogP contribution in [0.5, 0.6) is 0 Å². The van der Waals surface area contributed by atoms with Crippen molar-refractivity contribution < 1.29 is 4.79 Å². The number of rotatable bonds is 5. The van der Waals surface area contributed by atoms with Crippen LogP contribution in [0.2, 0.25) is 0 Å². The Kier molecular flexibility index (Phi) is 4.86. The topological polar surface area (TPSA) is 85.0 Å². The minimum atomic E-state index is -0.0521. The van der Waals surface area contributed by atoms with Crippen molar-refractivity contribution in [3.05, 3.63) is 33.8 Å². The van der Waals surface area contributed by atoms with Gasteiger partial charge in [0.05, 0.1) is 16.8 Å². The van der Waals surface area contributed by atoms with E-state index in [2.05, 4.69) is 28.7 Å². The minimum Gasteiger partial charge on any atom is -0.328 e. The van der Waals surface area contributed by atoms with Gasteiger partial charge in [-0.25, -0.2) is 0 Å². The Labute approximate surface area is 158 Å². The lowest BCUT2D eigenvalue weighted by atomic mass is 9.92. The smallest absolute Gasteiger partial charge is 0.265 e. The van der Waals surface area contributed by atoms with Crippen molar-refractivity contribution in [1.29, 1.82) is 0 Å². The summed E-state index contributed by atoms with van der Waals surface area (Å²) >= 11 is 1.58. The molecule has 2 heterocycles. The number of amides is 1. The first-order valence-electron chi connectivity index (χ1n) is 9.41. The lowest BCUT2D eigenvalue weighted by molar-refractivity contribution is 0.103. The molecule has 0 radical (unpaired) electrons. The van der Waals surface area contributed by atoms with Gasteiger partial charge in [-0.2, -0.15) is 5.10 Å². The summed E-state index contributed by atoms with van der Waals surface area (Å²) in [5.74, 6) is 0.491. The average Bonchev–Trinajstić information content (AvgIpc) is 3.05. The summed E-state index contributed by atoms with van der Waals surface area (Å²) in [7, 11) is 1.84. The third-order valence-electron chi connectivity index (χ3n) is 5.55. The van der Waals surface area contributed by atoms with E-state index >= 15 is 0 Å². The second kappa shape index (κ2) is 7.13. The van der Waals surface area contributed by atoms with Gasteiger partial charge in [-0.05, 0) is 50.7 Å². The number of hydrogen-bond donors (Lipinski definition) is 3. The van der Waals surface area contributed by atoms with E-state index < -0.39 is 0 Å². The van der Waals surface area contributed by atoms with Crippen LogP contribution in [-0.2, 0) is 7.05 Å². The normalized spacial score (nSPS) is 28.1. The summed E-state index contributed by atoms with van der Waals surface area (Å²) in [6.45, 7) is 2.12. The Morgan fingerprint density at radius 2 is 2.12 bits per heavy atom. The van der Waals surface area contributed by atoms with Gasteiger partial charge in [-0.15, -0.1) is 11.3 Å². The highest BCUT2D eigenvalue weighted by molar-refractivity contribution is 7.14. The Balaban J connectivity index is 1.36. The Bertz CT molecular complexity index is 790. The highest BCUT2D eigenvalue weighted by Gasteiger charge is 2.41. The SMILES string of the molecule is Cc1sc(C(=O)Nc2cnn(C)c2)cc1C1CC1NC1CCC(N)CC1. The molecule has 7 heteroatoms. The van der Waals surface area contributed by atoms with Gasteiger partial charge in [0.25, 0.3) is 5.91 Å². The zero-order valence-corrected chi connectivity index (χ0v) is 16.2. The fourth-order valence-corrected chi connectivity index (χ4v) is 4.95. The summed E-state index contributed by atoms with van der Waals surface area (Å²) in [5, 5.41) is 10.8. The molecule has 4 N–H and O–H groups in total. The molecule has 0 aliphatic heterocycles. The molecule has 6 nitrogen and oxygen atoms in total. The van der Waals surface area contributed by atoms with Crippen LogP contribution in [-0.4, -0.2) is 33.8 Å². The number of carbonyl (C=O) groups excluding carboxylic acids is 1. The third kappa shape index (κ3) is 3.84. The quantitative estimate of drug-likeness (QED) is 0.752. The van der Waals surface area contributed by atoms with E-state index in [-0.39, 0.29) is 5.91 Å². The van der Waals surface area contributed by atoms with Gasteiger partial charge in [-0.3, -0.25) is 9.48 Å². The minimum absolute atomic E-state index is 0.0521. The summed E-state index contributed by atoms with van der Waals surface area (Å²) in [4.78, 5) is 14.5. The molecule has 2 fully saturated rings. The number of hydrogen-bond acceptors (Lipinski definition) is 5. The molecule has 2 saturated carbocycles. The number of anilines is 1.